The van der Waals surface area contributed by atoms with Crippen molar-refractivity contribution in [2.75, 3.05) is 0 Å². The lowest BCUT2D eigenvalue weighted by Gasteiger charge is -2.25. The van der Waals surface area contributed by atoms with Gasteiger partial charge in [0.2, 0.25) is 0 Å². The predicted molar refractivity (Wildman–Crippen MR) is 102 cm³/mol. The first-order valence-corrected chi connectivity index (χ1v) is 9.35. The fourth-order valence-electron chi connectivity index (χ4n) is 3.10. The lowest BCUT2D eigenvalue weighted by Crippen LogP contribution is -2.37. The zero-order valence-electron chi connectivity index (χ0n) is 15.4. The molecule has 0 saturated heterocycles. The molecule has 1 amide bonds. The molecule has 1 atom stereocenters. The summed E-state index contributed by atoms with van der Waals surface area (Å²) in [5.41, 5.74) is 1.52. The van der Waals surface area contributed by atoms with Crippen LogP contribution in [0.25, 0.3) is 5.82 Å². The Bertz CT molecular complexity index is 1020. The summed E-state index contributed by atoms with van der Waals surface area (Å²) in [6.07, 6.45) is 14.7. The molecule has 0 spiro atoms. The van der Waals surface area contributed by atoms with Crippen LogP contribution in [0.2, 0.25) is 0 Å². The standard InChI is InChI=1S/C19H19FN8O/c20-15-5-14(11-27-4-3-21-18(15)27)26-19(29)16-8-24-17(9-23-16)28-10-12(7-25-28)6-22-13-1-2-13/h3-5,7-11,13,18,21-22H,1-2,6H2,(H,26,29). The Morgan fingerprint density at radius 1 is 1.28 bits per heavy atom. The van der Waals surface area contributed by atoms with Gasteiger partial charge in [-0.1, -0.05) is 0 Å². The minimum Gasteiger partial charge on any atom is -0.364 e. The van der Waals surface area contributed by atoms with Crippen molar-refractivity contribution in [2.24, 2.45) is 0 Å². The van der Waals surface area contributed by atoms with Gasteiger partial charge in [0.25, 0.3) is 5.91 Å². The second-order valence-electron chi connectivity index (χ2n) is 7.11. The van der Waals surface area contributed by atoms with Crippen LogP contribution in [0, 0.1) is 0 Å². The number of hydrogen-bond donors (Lipinski definition) is 3. The van der Waals surface area contributed by atoms with Gasteiger partial charge in [-0.15, -0.1) is 0 Å². The zero-order valence-corrected chi connectivity index (χ0v) is 15.4. The second-order valence-corrected chi connectivity index (χ2v) is 7.11. The van der Waals surface area contributed by atoms with E-state index < -0.39 is 12.1 Å². The molecule has 1 unspecified atom stereocenters. The molecule has 4 heterocycles. The van der Waals surface area contributed by atoms with Gasteiger partial charge in [0, 0.05) is 42.9 Å². The van der Waals surface area contributed by atoms with Gasteiger partial charge in [-0.2, -0.15) is 5.10 Å². The van der Waals surface area contributed by atoms with Crippen molar-refractivity contribution < 1.29 is 9.18 Å². The van der Waals surface area contributed by atoms with Crippen LogP contribution in [0.4, 0.5) is 4.39 Å². The van der Waals surface area contributed by atoms with Crippen molar-refractivity contribution in [1.82, 2.24) is 40.6 Å². The van der Waals surface area contributed by atoms with E-state index >= 15 is 0 Å². The quantitative estimate of drug-likeness (QED) is 0.674. The maximum absolute atomic E-state index is 14.1. The van der Waals surface area contributed by atoms with Crippen molar-refractivity contribution >= 4 is 5.91 Å². The Kier molecular flexibility index (Phi) is 4.32. The monoisotopic (exact) mass is 394 g/mol. The topological polar surface area (TPSA) is 100 Å². The number of carbonyl (C=O) groups excluding carboxylic acids is 1. The average molecular weight is 394 g/mol. The summed E-state index contributed by atoms with van der Waals surface area (Å²) in [6.45, 7) is 0.764. The smallest absolute Gasteiger partial charge is 0.275 e. The summed E-state index contributed by atoms with van der Waals surface area (Å²) >= 11 is 0. The van der Waals surface area contributed by atoms with Gasteiger partial charge in [-0.3, -0.25) is 4.79 Å². The highest BCUT2D eigenvalue weighted by Crippen LogP contribution is 2.22. The fourth-order valence-corrected chi connectivity index (χ4v) is 3.10. The number of rotatable bonds is 6. The van der Waals surface area contributed by atoms with Crippen molar-refractivity contribution in [2.45, 2.75) is 31.6 Å². The number of nitrogens with one attached hydrogen (secondary N) is 3. The van der Waals surface area contributed by atoms with Gasteiger partial charge in [-0.25, -0.2) is 19.0 Å². The van der Waals surface area contributed by atoms with Gasteiger partial charge in [0.15, 0.2) is 12.0 Å². The predicted octanol–water partition coefficient (Wildman–Crippen LogP) is 1.05. The maximum atomic E-state index is 14.1. The summed E-state index contributed by atoms with van der Waals surface area (Å²) in [5, 5.41) is 13.2. The van der Waals surface area contributed by atoms with Crippen molar-refractivity contribution in [3.05, 3.63) is 72.2 Å². The molecule has 2 aromatic heterocycles. The van der Waals surface area contributed by atoms with E-state index in [2.05, 4.69) is 31.0 Å². The van der Waals surface area contributed by atoms with Crippen molar-refractivity contribution in [3.8, 4) is 5.82 Å². The van der Waals surface area contributed by atoms with Crippen LogP contribution < -0.4 is 16.0 Å². The minimum absolute atomic E-state index is 0.128. The Balaban J connectivity index is 1.24. The molecule has 0 radical (unpaired) electrons. The molecule has 1 fully saturated rings. The Labute approximate surface area is 166 Å². The zero-order chi connectivity index (χ0) is 19.8. The molecule has 1 aliphatic carbocycles. The van der Waals surface area contributed by atoms with E-state index in [9.17, 15) is 9.18 Å². The normalized spacial score (nSPS) is 20.0. The number of fused-ring (bicyclic) bond motifs is 1. The number of amides is 1. The van der Waals surface area contributed by atoms with E-state index in [4.69, 9.17) is 0 Å². The van der Waals surface area contributed by atoms with Gasteiger partial charge < -0.3 is 20.9 Å². The number of halogens is 1. The van der Waals surface area contributed by atoms with Crippen LogP contribution in [-0.4, -0.2) is 42.8 Å². The van der Waals surface area contributed by atoms with E-state index in [-0.39, 0.29) is 11.5 Å². The lowest BCUT2D eigenvalue weighted by molar-refractivity contribution is 0.0960. The largest absolute Gasteiger partial charge is 0.364 e. The highest BCUT2D eigenvalue weighted by atomic mass is 19.1. The van der Waals surface area contributed by atoms with Crippen LogP contribution in [0.15, 0.2) is 61.0 Å². The average Bonchev–Trinajstić information content (AvgIpc) is 3.22. The van der Waals surface area contributed by atoms with Gasteiger partial charge >= 0.3 is 0 Å². The number of hydrogen-bond acceptors (Lipinski definition) is 7. The SMILES string of the molecule is O=C(NC1=CN2C=CNC2C(F)=C1)c1cnc(-n2cc(CNC3CC3)cn2)cn1. The number of nitrogens with zero attached hydrogens (tertiary/aromatic N) is 5. The van der Waals surface area contributed by atoms with Crippen LogP contribution in [0.3, 0.4) is 0 Å². The van der Waals surface area contributed by atoms with E-state index in [1.165, 1.54) is 31.3 Å². The maximum Gasteiger partial charge on any atom is 0.275 e. The van der Waals surface area contributed by atoms with E-state index in [0.29, 0.717) is 17.6 Å². The third kappa shape index (κ3) is 3.74. The summed E-state index contributed by atoms with van der Waals surface area (Å²) in [5.74, 6) is -0.346. The first kappa shape index (κ1) is 17.6. The molecule has 3 aliphatic rings. The first-order chi connectivity index (χ1) is 14.2. The molecule has 0 aromatic carbocycles. The third-order valence-corrected chi connectivity index (χ3v) is 4.81. The second kappa shape index (κ2) is 7.13. The Hall–Kier alpha value is -3.53. The van der Waals surface area contributed by atoms with Gasteiger partial charge in [0.05, 0.1) is 24.3 Å². The number of aromatic nitrogens is 4. The summed E-state index contributed by atoms with van der Waals surface area (Å²) in [6, 6.07) is 0.627. The summed E-state index contributed by atoms with van der Waals surface area (Å²) in [4.78, 5) is 22.5. The van der Waals surface area contributed by atoms with E-state index in [0.717, 1.165) is 12.1 Å². The highest BCUT2D eigenvalue weighted by Gasteiger charge is 2.26. The molecule has 9 nitrogen and oxygen atoms in total. The number of allylic oxidation sites excluding steroid dienone is 1. The van der Waals surface area contributed by atoms with Crippen LogP contribution in [-0.2, 0) is 6.54 Å². The molecule has 3 N–H and O–H groups in total. The van der Waals surface area contributed by atoms with Crippen LogP contribution in [0.1, 0.15) is 28.9 Å². The lowest BCUT2D eigenvalue weighted by atomic mass is 10.2. The fraction of sp³-hybridized carbons (Fsp3) is 0.263. The van der Waals surface area contributed by atoms with Crippen molar-refractivity contribution in [3.63, 3.8) is 0 Å². The van der Waals surface area contributed by atoms with E-state index in [1.807, 2.05) is 6.20 Å². The molecule has 0 bridgehead atoms. The molecule has 148 valence electrons. The van der Waals surface area contributed by atoms with Gasteiger partial charge in [-0.05, 0) is 18.9 Å². The highest BCUT2D eigenvalue weighted by molar-refractivity contribution is 5.93. The molecule has 29 heavy (non-hydrogen) atoms. The van der Waals surface area contributed by atoms with Crippen LogP contribution >= 0.6 is 0 Å². The molecule has 5 rings (SSSR count). The molecule has 2 aliphatic heterocycles. The van der Waals surface area contributed by atoms with Crippen molar-refractivity contribution in [1.29, 1.82) is 0 Å². The number of carbonyl (C=O) groups is 1. The van der Waals surface area contributed by atoms with Gasteiger partial charge in [0.1, 0.15) is 11.5 Å². The summed E-state index contributed by atoms with van der Waals surface area (Å²) < 4.78 is 15.7. The molecule has 10 heteroatoms. The Morgan fingerprint density at radius 2 is 2.17 bits per heavy atom. The molecule has 1 saturated carbocycles. The molecular formula is C19H19FN8O. The first-order valence-electron chi connectivity index (χ1n) is 9.35. The summed E-state index contributed by atoms with van der Waals surface area (Å²) in [7, 11) is 0. The third-order valence-electron chi connectivity index (χ3n) is 4.81. The van der Waals surface area contributed by atoms with Crippen LogP contribution in [0.5, 0.6) is 0 Å². The van der Waals surface area contributed by atoms with E-state index in [1.54, 1.807) is 34.4 Å². The molecular weight excluding hydrogens is 375 g/mol. The minimum atomic E-state index is -0.548. The Morgan fingerprint density at radius 3 is 2.97 bits per heavy atom. The molecule has 2 aromatic rings.